The molecule has 1 unspecified atom stereocenters. The van der Waals surface area contributed by atoms with Gasteiger partial charge in [0.05, 0.1) is 12.7 Å². The Kier molecular flexibility index (Phi) is 3.91. The second kappa shape index (κ2) is 5.21. The van der Waals surface area contributed by atoms with Crippen LogP contribution in [-0.4, -0.2) is 23.5 Å². The van der Waals surface area contributed by atoms with Gasteiger partial charge in [0, 0.05) is 13.1 Å². The van der Waals surface area contributed by atoms with Crippen LogP contribution in [0.3, 0.4) is 0 Å². The first-order chi connectivity index (χ1) is 6.68. The Morgan fingerprint density at radius 1 is 1.71 bits per heavy atom. The fraction of sp³-hybridized carbons (Fsp3) is 0.400. The van der Waals surface area contributed by atoms with Crippen molar-refractivity contribution in [3.63, 3.8) is 0 Å². The molecule has 0 saturated carbocycles. The van der Waals surface area contributed by atoms with Crippen molar-refractivity contribution in [3.05, 3.63) is 24.5 Å². The van der Waals surface area contributed by atoms with Crippen LogP contribution in [-0.2, 0) is 4.79 Å². The molecule has 1 aromatic heterocycles. The highest BCUT2D eigenvalue weighted by molar-refractivity contribution is 5.72. The number of rotatable bonds is 4. The third kappa shape index (κ3) is 3.89. The van der Waals surface area contributed by atoms with Crippen LogP contribution in [0.4, 0.5) is 0 Å². The number of pyridine rings is 1. The lowest BCUT2D eigenvalue weighted by Gasteiger charge is -2.14. The molecule has 0 aliphatic heterocycles. The van der Waals surface area contributed by atoms with E-state index >= 15 is 0 Å². The Morgan fingerprint density at radius 3 is 3.07 bits per heavy atom. The van der Waals surface area contributed by atoms with Crippen LogP contribution in [0.15, 0.2) is 24.5 Å². The van der Waals surface area contributed by atoms with Crippen molar-refractivity contribution in [2.24, 2.45) is 0 Å². The first kappa shape index (κ1) is 10.5. The molecule has 0 bridgehead atoms. The van der Waals surface area contributed by atoms with E-state index in [0.29, 0.717) is 12.3 Å². The van der Waals surface area contributed by atoms with Gasteiger partial charge in [0.15, 0.2) is 0 Å². The second-order valence-electron chi connectivity index (χ2n) is 3.05. The van der Waals surface area contributed by atoms with Crippen LogP contribution in [0.25, 0.3) is 0 Å². The Morgan fingerprint density at radius 2 is 2.50 bits per heavy atom. The van der Waals surface area contributed by atoms with Crippen molar-refractivity contribution in [1.29, 1.82) is 0 Å². The molecule has 4 nitrogen and oxygen atoms in total. The van der Waals surface area contributed by atoms with Crippen LogP contribution < -0.4 is 10.1 Å². The fourth-order valence-electron chi connectivity index (χ4n) is 0.978. The lowest BCUT2D eigenvalue weighted by Crippen LogP contribution is -2.31. The van der Waals surface area contributed by atoms with E-state index in [1.165, 1.54) is 6.92 Å². The normalized spacial score (nSPS) is 11.9. The standard InChI is InChI=1S/C10H14N2O2/c1-8(6-12-9(2)13)14-10-4-3-5-11-7-10/h3-5,7-8H,6H2,1-2H3,(H,12,13). The van der Waals surface area contributed by atoms with Crippen LogP contribution in [0.5, 0.6) is 5.75 Å². The monoisotopic (exact) mass is 194 g/mol. The van der Waals surface area contributed by atoms with E-state index in [9.17, 15) is 4.79 Å². The largest absolute Gasteiger partial charge is 0.487 e. The summed E-state index contributed by atoms with van der Waals surface area (Å²) >= 11 is 0. The van der Waals surface area contributed by atoms with Crippen LogP contribution in [0.2, 0.25) is 0 Å². The SMILES string of the molecule is CC(=O)NCC(C)Oc1cccnc1. The Labute approximate surface area is 83.3 Å². The Hall–Kier alpha value is -1.58. The molecule has 0 saturated heterocycles. The summed E-state index contributed by atoms with van der Waals surface area (Å²) in [6, 6.07) is 3.64. The molecule has 0 spiro atoms. The predicted molar refractivity (Wildman–Crippen MR) is 53.0 cm³/mol. The van der Waals surface area contributed by atoms with Gasteiger partial charge in [0.25, 0.3) is 0 Å². The summed E-state index contributed by atoms with van der Waals surface area (Å²) in [5.41, 5.74) is 0. The van der Waals surface area contributed by atoms with Gasteiger partial charge in [0.1, 0.15) is 11.9 Å². The zero-order valence-corrected chi connectivity index (χ0v) is 8.36. The smallest absolute Gasteiger partial charge is 0.217 e. The highest BCUT2D eigenvalue weighted by atomic mass is 16.5. The minimum absolute atomic E-state index is 0.0494. The van der Waals surface area contributed by atoms with Crippen LogP contribution >= 0.6 is 0 Å². The van der Waals surface area contributed by atoms with Crippen molar-refractivity contribution >= 4 is 5.91 Å². The molecule has 76 valence electrons. The highest BCUT2D eigenvalue weighted by Gasteiger charge is 2.03. The first-order valence-electron chi connectivity index (χ1n) is 4.49. The van der Waals surface area contributed by atoms with Gasteiger partial charge >= 0.3 is 0 Å². The van der Waals surface area contributed by atoms with Crippen molar-refractivity contribution in [1.82, 2.24) is 10.3 Å². The molecule has 1 atom stereocenters. The summed E-state index contributed by atoms with van der Waals surface area (Å²) in [5.74, 6) is 0.664. The molecule has 0 radical (unpaired) electrons. The van der Waals surface area contributed by atoms with Gasteiger partial charge in [-0.05, 0) is 19.1 Å². The second-order valence-corrected chi connectivity index (χ2v) is 3.05. The molecule has 0 fully saturated rings. The average molecular weight is 194 g/mol. The number of nitrogens with one attached hydrogen (secondary N) is 1. The van der Waals surface area contributed by atoms with Gasteiger partial charge in [-0.3, -0.25) is 9.78 Å². The molecule has 1 heterocycles. The molecule has 1 amide bonds. The van der Waals surface area contributed by atoms with Gasteiger partial charge in [-0.25, -0.2) is 0 Å². The van der Waals surface area contributed by atoms with E-state index < -0.39 is 0 Å². The van der Waals surface area contributed by atoms with Crippen molar-refractivity contribution in [2.75, 3.05) is 6.54 Å². The number of hydrogen-bond acceptors (Lipinski definition) is 3. The lowest BCUT2D eigenvalue weighted by atomic mass is 10.4. The number of carbonyl (C=O) groups excluding carboxylic acids is 1. The molecule has 0 aliphatic carbocycles. The lowest BCUT2D eigenvalue weighted by molar-refractivity contribution is -0.119. The number of hydrogen-bond donors (Lipinski definition) is 1. The van der Waals surface area contributed by atoms with E-state index in [-0.39, 0.29) is 12.0 Å². The average Bonchev–Trinajstić information content (AvgIpc) is 2.16. The molecular formula is C10H14N2O2. The molecule has 0 aromatic carbocycles. The van der Waals surface area contributed by atoms with E-state index in [4.69, 9.17) is 4.74 Å². The maximum Gasteiger partial charge on any atom is 0.217 e. The van der Waals surface area contributed by atoms with E-state index in [2.05, 4.69) is 10.3 Å². The van der Waals surface area contributed by atoms with Crippen molar-refractivity contribution < 1.29 is 9.53 Å². The quantitative estimate of drug-likeness (QED) is 0.777. The number of amides is 1. The number of nitrogens with zero attached hydrogens (tertiary/aromatic N) is 1. The van der Waals surface area contributed by atoms with Gasteiger partial charge < -0.3 is 10.1 Å². The van der Waals surface area contributed by atoms with E-state index in [1.54, 1.807) is 18.5 Å². The maximum absolute atomic E-state index is 10.6. The predicted octanol–water partition coefficient (Wildman–Crippen LogP) is 0.985. The summed E-state index contributed by atoms with van der Waals surface area (Å²) in [4.78, 5) is 14.5. The highest BCUT2D eigenvalue weighted by Crippen LogP contribution is 2.08. The summed E-state index contributed by atoms with van der Waals surface area (Å²) < 4.78 is 5.49. The van der Waals surface area contributed by atoms with Gasteiger partial charge in [-0.15, -0.1) is 0 Å². The van der Waals surface area contributed by atoms with E-state index in [0.717, 1.165) is 0 Å². The molecular weight excluding hydrogens is 180 g/mol. The van der Waals surface area contributed by atoms with E-state index in [1.807, 2.05) is 13.0 Å². The van der Waals surface area contributed by atoms with Crippen molar-refractivity contribution in [2.45, 2.75) is 20.0 Å². The summed E-state index contributed by atoms with van der Waals surface area (Å²) in [6.45, 7) is 3.88. The molecule has 4 heteroatoms. The molecule has 1 aromatic rings. The maximum atomic E-state index is 10.6. The Bertz CT molecular complexity index is 287. The molecule has 0 aliphatic rings. The van der Waals surface area contributed by atoms with Crippen LogP contribution in [0.1, 0.15) is 13.8 Å². The van der Waals surface area contributed by atoms with Gasteiger partial charge in [0.2, 0.25) is 5.91 Å². The van der Waals surface area contributed by atoms with Crippen LogP contribution in [0, 0.1) is 0 Å². The first-order valence-corrected chi connectivity index (χ1v) is 4.49. The topological polar surface area (TPSA) is 51.2 Å². The number of carbonyl (C=O) groups is 1. The zero-order chi connectivity index (χ0) is 10.4. The molecule has 14 heavy (non-hydrogen) atoms. The fourth-order valence-corrected chi connectivity index (χ4v) is 0.978. The third-order valence-corrected chi connectivity index (χ3v) is 1.61. The Balaban J connectivity index is 2.34. The number of ether oxygens (including phenoxy) is 1. The number of aromatic nitrogens is 1. The minimum Gasteiger partial charge on any atom is -0.487 e. The molecule has 1 N–H and O–H groups in total. The van der Waals surface area contributed by atoms with Gasteiger partial charge in [-0.1, -0.05) is 0 Å². The van der Waals surface area contributed by atoms with Crippen molar-refractivity contribution in [3.8, 4) is 5.75 Å². The third-order valence-electron chi connectivity index (χ3n) is 1.61. The minimum atomic E-state index is -0.0527. The summed E-state index contributed by atoms with van der Waals surface area (Å²) in [7, 11) is 0. The summed E-state index contributed by atoms with van der Waals surface area (Å²) in [6.07, 6.45) is 3.28. The zero-order valence-electron chi connectivity index (χ0n) is 8.36. The van der Waals surface area contributed by atoms with Gasteiger partial charge in [-0.2, -0.15) is 0 Å². The molecule has 1 rings (SSSR count). The summed E-state index contributed by atoms with van der Waals surface area (Å²) in [5, 5.41) is 2.68.